The van der Waals surface area contributed by atoms with Gasteiger partial charge in [-0.3, -0.25) is 0 Å². The smallest absolute Gasteiger partial charge is 0.126 e. The van der Waals surface area contributed by atoms with E-state index < -0.39 is 6.10 Å². The van der Waals surface area contributed by atoms with Crippen LogP contribution in [0, 0.1) is 18.3 Å². The first-order chi connectivity index (χ1) is 16.0. The SMILES string of the molecule is Cc1c(Nc2c(C#N)cnc3sc(-c4cccc(OC[C@H](C)O)c4)cc23)ccc2[nH]ccc12. The summed E-state index contributed by atoms with van der Waals surface area (Å²) in [5, 5.41) is 24.8. The molecule has 164 valence electrons. The van der Waals surface area contributed by atoms with Crippen LogP contribution in [0.25, 0.3) is 31.6 Å². The van der Waals surface area contributed by atoms with E-state index in [-0.39, 0.29) is 6.61 Å². The number of ether oxygens (including phenoxy) is 1. The number of rotatable bonds is 6. The van der Waals surface area contributed by atoms with Gasteiger partial charge in [-0.15, -0.1) is 11.3 Å². The Morgan fingerprint density at radius 1 is 1.21 bits per heavy atom. The van der Waals surface area contributed by atoms with Crippen LogP contribution in [0.2, 0.25) is 0 Å². The molecule has 3 N–H and O–H groups in total. The highest BCUT2D eigenvalue weighted by Gasteiger charge is 2.15. The number of nitrogens with zero attached hydrogens (tertiary/aromatic N) is 2. The van der Waals surface area contributed by atoms with E-state index in [4.69, 9.17) is 4.74 Å². The summed E-state index contributed by atoms with van der Waals surface area (Å²) in [5.41, 5.74) is 5.39. The van der Waals surface area contributed by atoms with Crippen LogP contribution in [0.15, 0.2) is 60.9 Å². The molecule has 2 aromatic carbocycles. The van der Waals surface area contributed by atoms with Crippen LogP contribution >= 0.6 is 11.3 Å². The lowest BCUT2D eigenvalue weighted by Gasteiger charge is -2.12. The van der Waals surface area contributed by atoms with Crippen molar-refractivity contribution in [2.24, 2.45) is 0 Å². The van der Waals surface area contributed by atoms with Gasteiger partial charge >= 0.3 is 0 Å². The van der Waals surface area contributed by atoms with Crippen molar-refractivity contribution in [2.75, 3.05) is 11.9 Å². The van der Waals surface area contributed by atoms with E-state index in [9.17, 15) is 10.4 Å². The van der Waals surface area contributed by atoms with Crippen molar-refractivity contribution >= 4 is 43.8 Å². The maximum Gasteiger partial charge on any atom is 0.126 e. The lowest BCUT2D eigenvalue weighted by atomic mass is 10.1. The van der Waals surface area contributed by atoms with E-state index in [0.717, 1.165) is 48.5 Å². The first-order valence-electron chi connectivity index (χ1n) is 10.6. The lowest BCUT2D eigenvalue weighted by Crippen LogP contribution is -2.12. The molecule has 0 bridgehead atoms. The first kappa shape index (κ1) is 21.0. The summed E-state index contributed by atoms with van der Waals surface area (Å²) < 4.78 is 5.67. The average molecular weight is 455 g/mol. The average Bonchev–Trinajstić information content (AvgIpc) is 3.47. The number of aliphatic hydroxyl groups excluding tert-OH is 1. The molecule has 0 saturated carbocycles. The first-order valence-corrected chi connectivity index (χ1v) is 11.4. The zero-order valence-electron chi connectivity index (χ0n) is 18.2. The number of aliphatic hydroxyl groups is 1. The van der Waals surface area contributed by atoms with E-state index in [0.29, 0.717) is 11.3 Å². The van der Waals surface area contributed by atoms with Crippen LogP contribution in [0.5, 0.6) is 5.75 Å². The maximum atomic E-state index is 9.76. The molecule has 0 spiro atoms. The number of aromatic amines is 1. The number of hydrogen-bond donors (Lipinski definition) is 3. The molecule has 0 aliphatic rings. The summed E-state index contributed by atoms with van der Waals surface area (Å²) in [6.45, 7) is 4.00. The summed E-state index contributed by atoms with van der Waals surface area (Å²) >= 11 is 1.57. The number of aromatic nitrogens is 2. The topological polar surface area (TPSA) is 94.0 Å². The molecular formula is C26H22N4O2S. The second-order valence-electron chi connectivity index (χ2n) is 7.98. The van der Waals surface area contributed by atoms with Crippen LogP contribution in [-0.4, -0.2) is 27.8 Å². The number of H-pyrrole nitrogens is 1. The number of hydrogen-bond acceptors (Lipinski definition) is 6. The maximum absolute atomic E-state index is 9.76. The van der Waals surface area contributed by atoms with Gasteiger partial charge in [-0.1, -0.05) is 12.1 Å². The van der Waals surface area contributed by atoms with Gasteiger partial charge in [0.15, 0.2) is 0 Å². The quantitative estimate of drug-likeness (QED) is 0.287. The molecule has 5 aromatic rings. The molecule has 0 unspecified atom stereocenters. The summed E-state index contributed by atoms with van der Waals surface area (Å²) in [6.07, 6.45) is 3.02. The number of fused-ring (bicyclic) bond motifs is 2. The molecule has 0 aliphatic heterocycles. The van der Waals surface area contributed by atoms with Crippen LogP contribution in [0.4, 0.5) is 11.4 Å². The van der Waals surface area contributed by atoms with Crippen molar-refractivity contribution in [3.63, 3.8) is 0 Å². The van der Waals surface area contributed by atoms with Gasteiger partial charge in [-0.05, 0) is 61.4 Å². The Bertz CT molecular complexity index is 1510. The normalized spacial score (nSPS) is 12.1. The van der Waals surface area contributed by atoms with Crippen LogP contribution in [-0.2, 0) is 0 Å². The molecule has 33 heavy (non-hydrogen) atoms. The fourth-order valence-corrected chi connectivity index (χ4v) is 4.87. The van der Waals surface area contributed by atoms with Crippen molar-refractivity contribution < 1.29 is 9.84 Å². The lowest BCUT2D eigenvalue weighted by molar-refractivity contribution is 0.123. The Balaban J connectivity index is 1.56. The molecule has 3 heterocycles. The van der Waals surface area contributed by atoms with E-state index in [1.807, 2.05) is 42.6 Å². The number of aryl methyl sites for hydroxylation is 1. The van der Waals surface area contributed by atoms with Gasteiger partial charge in [-0.2, -0.15) is 5.26 Å². The standard InChI is InChI=1S/C26H22N4O2S/c1-15(31)14-32-19-5-3-4-17(10-19)24-11-21-25(18(12-27)13-29-26(21)33-24)30-22-6-7-23-20(16(22)2)8-9-28-23/h3-11,13,15,28,31H,14H2,1-2H3,(H,29,30)/t15-/m0/s1. The van der Waals surface area contributed by atoms with Crippen LogP contribution in [0.1, 0.15) is 18.1 Å². The van der Waals surface area contributed by atoms with Gasteiger partial charge < -0.3 is 20.1 Å². The largest absolute Gasteiger partial charge is 0.491 e. The Kier molecular flexibility index (Phi) is 5.47. The zero-order chi connectivity index (χ0) is 22.9. The summed E-state index contributed by atoms with van der Waals surface area (Å²) in [4.78, 5) is 9.64. The molecule has 0 radical (unpaired) electrons. The van der Waals surface area contributed by atoms with Crippen molar-refractivity contribution in [3.05, 3.63) is 72.1 Å². The number of nitrogens with one attached hydrogen (secondary N) is 2. The van der Waals surface area contributed by atoms with E-state index in [1.54, 1.807) is 24.5 Å². The Morgan fingerprint density at radius 3 is 2.91 bits per heavy atom. The van der Waals surface area contributed by atoms with Gasteiger partial charge in [0.2, 0.25) is 0 Å². The molecule has 0 saturated heterocycles. The van der Waals surface area contributed by atoms with E-state index in [1.165, 1.54) is 0 Å². The number of nitriles is 1. The molecule has 6 nitrogen and oxygen atoms in total. The van der Waals surface area contributed by atoms with E-state index >= 15 is 0 Å². The summed E-state index contributed by atoms with van der Waals surface area (Å²) in [6, 6.07) is 18.2. The van der Waals surface area contributed by atoms with Gasteiger partial charge in [-0.25, -0.2) is 4.98 Å². The number of pyridine rings is 1. The molecule has 0 fully saturated rings. The number of anilines is 2. The third kappa shape index (κ3) is 4.02. The minimum absolute atomic E-state index is 0.238. The monoisotopic (exact) mass is 454 g/mol. The van der Waals surface area contributed by atoms with Crippen LogP contribution in [0.3, 0.4) is 0 Å². The third-order valence-electron chi connectivity index (χ3n) is 5.56. The second kappa shape index (κ2) is 8.58. The Labute approximate surface area is 195 Å². The predicted octanol–water partition coefficient (Wildman–Crippen LogP) is 6.13. The van der Waals surface area contributed by atoms with Gasteiger partial charge in [0.1, 0.15) is 23.3 Å². The van der Waals surface area contributed by atoms with Crippen molar-refractivity contribution in [1.82, 2.24) is 9.97 Å². The zero-order valence-corrected chi connectivity index (χ0v) is 19.0. The van der Waals surface area contributed by atoms with Crippen LogP contribution < -0.4 is 10.1 Å². The number of benzene rings is 2. The van der Waals surface area contributed by atoms with Gasteiger partial charge in [0.25, 0.3) is 0 Å². The van der Waals surface area contributed by atoms with Crippen molar-refractivity contribution in [3.8, 4) is 22.3 Å². The second-order valence-corrected chi connectivity index (χ2v) is 9.01. The van der Waals surface area contributed by atoms with Gasteiger partial charge in [0, 0.05) is 39.2 Å². The number of thiophene rings is 1. The molecule has 1 atom stereocenters. The molecule has 7 heteroatoms. The van der Waals surface area contributed by atoms with Gasteiger partial charge in [0.05, 0.1) is 17.4 Å². The minimum atomic E-state index is -0.533. The highest BCUT2D eigenvalue weighted by Crippen LogP contribution is 2.40. The van der Waals surface area contributed by atoms with Crippen molar-refractivity contribution in [2.45, 2.75) is 20.0 Å². The fraction of sp³-hybridized carbons (Fsp3) is 0.154. The Hall–Kier alpha value is -3.86. The van der Waals surface area contributed by atoms with E-state index in [2.05, 4.69) is 40.4 Å². The Morgan fingerprint density at radius 2 is 2.09 bits per heavy atom. The third-order valence-corrected chi connectivity index (χ3v) is 6.65. The minimum Gasteiger partial charge on any atom is -0.491 e. The molecule has 5 rings (SSSR count). The molecule has 0 amide bonds. The predicted molar refractivity (Wildman–Crippen MR) is 133 cm³/mol. The summed E-state index contributed by atoms with van der Waals surface area (Å²) in [5.74, 6) is 0.699. The summed E-state index contributed by atoms with van der Waals surface area (Å²) in [7, 11) is 0. The molecule has 3 aromatic heterocycles. The molecular weight excluding hydrogens is 432 g/mol. The highest BCUT2D eigenvalue weighted by atomic mass is 32.1. The molecule has 0 aliphatic carbocycles. The van der Waals surface area contributed by atoms with Crippen molar-refractivity contribution in [1.29, 1.82) is 5.26 Å². The highest BCUT2D eigenvalue weighted by molar-refractivity contribution is 7.22. The fourth-order valence-electron chi connectivity index (χ4n) is 3.86.